The third-order valence-corrected chi connectivity index (χ3v) is 10.7. The number of anilines is 1. The fourth-order valence-corrected chi connectivity index (χ4v) is 7.58. The zero-order valence-electron chi connectivity index (χ0n) is 32.8. The molecule has 4 aromatic rings. The van der Waals surface area contributed by atoms with Gasteiger partial charge in [0.1, 0.15) is 17.7 Å². The predicted molar refractivity (Wildman–Crippen MR) is 215 cm³/mol. The SMILES string of the molecule is Cc1ncsc1-c1ccc(CNC(=O)[C@@H]2C[C@@H](O)CN2C(=O)[C@@H](NC(=O)c2ccc3c(c2)/N=N\c2ccc(NC(=O)OC(C)(C)C)cc2CC3)C(C)(C)C)cc1. The molecule has 6 rings (SSSR count). The van der Waals surface area contributed by atoms with Crippen molar-refractivity contribution in [3.05, 3.63) is 94.1 Å². The van der Waals surface area contributed by atoms with Gasteiger partial charge in [0.15, 0.2) is 0 Å². The molecule has 14 heteroatoms. The number of amides is 4. The molecule has 3 heterocycles. The van der Waals surface area contributed by atoms with E-state index in [0.717, 1.165) is 32.8 Å². The number of nitrogens with zero attached hydrogens (tertiary/aromatic N) is 4. The topological polar surface area (TPSA) is 175 Å². The number of nitrogens with one attached hydrogen (secondary N) is 3. The Bertz CT molecular complexity index is 2150. The van der Waals surface area contributed by atoms with Gasteiger partial charge < -0.3 is 25.4 Å². The minimum atomic E-state index is -1.00. The van der Waals surface area contributed by atoms with Crippen molar-refractivity contribution in [2.24, 2.45) is 15.6 Å². The average molecular weight is 780 g/mol. The van der Waals surface area contributed by atoms with Gasteiger partial charge in [-0.25, -0.2) is 9.78 Å². The first kappa shape index (κ1) is 40.2. The zero-order chi connectivity index (χ0) is 40.4. The van der Waals surface area contributed by atoms with Gasteiger partial charge in [-0.3, -0.25) is 19.7 Å². The number of hydrogen-bond acceptors (Lipinski definition) is 10. The third kappa shape index (κ3) is 9.66. The third-order valence-electron chi connectivity index (χ3n) is 9.68. The Morgan fingerprint density at radius 1 is 0.929 bits per heavy atom. The maximum Gasteiger partial charge on any atom is 0.412 e. The van der Waals surface area contributed by atoms with E-state index in [0.29, 0.717) is 35.5 Å². The number of aliphatic hydroxyl groups is 1. The highest BCUT2D eigenvalue weighted by Crippen LogP contribution is 2.34. The molecule has 1 fully saturated rings. The summed E-state index contributed by atoms with van der Waals surface area (Å²) in [5.41, 5.74) is 7.21. The summed E-state index contributed by atoms with van der Waals surface area (Å²) in [6, 6.07) is 16.5. The molecular formula is C42H49N7O6S. The Morgan fingerprint density at radius 2 is 1.64 bits per heavy atom. The molecule has 0 spiro atoms. The molecule has 4 amide bonds. The monoisotopic (exact) mass is 779 g/mol. The van der Waals surface area contributed by atoms with Crippen LogP contribution in [-0.4, -0.2) is 69.1 Å². The molecule has 0 saturated carbocycles. The van der Waals surface area contributed by atoms with Gasteiger partial charge in [0.2, 0.25) is 11.8 Å². The minimum Gasteiger partial charge on any atom is -0.444 e. The van der Waals surface area contributed by atoms with Crippen molar-refractivity contribution in [1.29, 1.82) is 0 Å². The summed E-state index contributed by atoms with van der Waals surface area (Å²) >= 11 is 1.57. The molecule has 2 aliphatic rings. The van der Waals surface area contributed by atoms with Crippen molar-refractivity contribution in [2.75, 3.05) is 11.9 Å². The van der Waals surface area contributed by atoms with Crippen molar-refractivity contribution >= 4 is 52.2 Å². The molecule has 3 aromatic carbocycles. The standard InChI is InChI=1S/C42H49N7O6S/c1-24-35(56-23-44-24)27-10-8-25(9-11-27)21-43-38(52)34-20-31(50)22-49(34)39(53)36(41(2,3)4)46-37(51)29-15-13-26-12-14-28-18-30(45-40(54)55-42(5,6)7)16-17-32(28)47-48-33(26)19-29/h8-11,13,15-19,23,31,34,36,50H,12,14,20-22H2,1-7H3,(H,43,52)(H,45,54)(H,46,51)/b48-47-/t31-,34+,36-/m1/s1. The van der Waals surface area contributed by atoms with Crippen LogP contribution in [0.15, 0.2) is 76.4 Å². The second-order valence-electron chi connectivity index (χ2n) is 16.4. The quantitative estimate of drug-likeness (QED) is 0.144. The predicted octanol–water partition coefficient (Wildman–Crippen LogP) is 7.40. The lowest BCUT2D eigenvalue weighted by Crippen LogP contribution is -2.57. The molecule has 0 bridgehead atoms. The number of fused-ring (bicyclic) bond motifs is 2. The Morgan fingerprint density at radius 3 is 2.32 bits per heavy atom. The highest BCUT2D eigenvalue weighted by atomic mass is 32.1. The van der Waals surface area contributed by atoms with Gasteiger partial charge in [0, 0.05) is 30.8 Å². The smallest absolute Gasteiger partial charge is 0.412 e. The van der Waals surface area contributed by atoms with Crippen LogP contribution < -0.4 is 16.0 Å². The van der Waals surface area contributed by atoms with Crippen LogP contribution in [-0.2, 0) is 33.7 Å². The van der Waals surface area contributed by atoms with Crippen LogP contribution in [0.2, 0.25) is 0 Å². The Kier molecular flexibility index (Phi) is 11.7. The number of likely N-dealkylation sites (tertiary alicyclic amines) is 1. The molecule has 1 saturated heterocycles. The largest absolute Gasteiger partial charge is 0.444 e. The van der Waals surface area contributed by atoms with Crippen LogP contribution in [0.25, 0.3) is 10.4 Å². The number of β-amino-alcohol motifs (C(OH)–C–C–N with tert-alkyl or cyclic N) is 1. The fraction of sp³-hybridized carbons (Fsp3) is 0.405. The van der Waals surface area contributed by atoms with Gasteiger partial charge >= 0.3 is 6.09 Å². The van der Waals surface area contributed by atoms with Crippen LogP contribution in [0.3, 0.4) is 0 Å². The molecule has 0 unspecified atom stereocenters. The van der Waals surface area contributed by atoms with Gasteiger partial charge in [-0.15, -0.1) is 11.3 Å². The van der Waals surface area contributed by atoms with E-state index in [4.69, 9.17) is 4.74 Å². The van der Waals surface area contributed by atoms with Crippen molar-refractivity contribution in [3.8, 4) is 10.4 Å². The van der Waals surface area contributed by atoms with Crippen LogP contribution in [0.5, 0.6) is 0 Å². The highest BCUT2D eigenvalue weighted by molar-refractivity contribution is 7.13. The zero-order valence-corrected chi connectivity index (χ0v) is 33.6. The molecule has 56 heavy (non-hydrogen) atoms. The number of aromatic nitrogens is 1. The van der Waals surface area contributed by atoms with E-state index in [-0.39, 0.29) is 25.4 Å². The van der Waals surface area contributed by atoms with Gasteiger partial charge in [-0.2, -0.15) is 10.2 Å². The molecule has 4 N–H and O–H groups in total. The number of thiazole rings is 1. The number of benzene rings is 3. The highest BCUT2D eigenvalue weighted by Gasteiger charge is 2.44. The summed E-state index contributed by atoms with van der Waals surface area (Å²) in [5, 5.41) is 28.2. The summed E-state index contributed by atoms with van der Waals surface area (Å²) < 4.78 is 5.37. The number of hydrogen-bond donors (Lipinski definition) is 4. The first-order chi connectivity index (χ1) is 26.4. The number of aryl methyl sites for hydroxylation is 3. The van der Waals surface area contributed by atoms with E-state index < -0.39 is 47.1 Å². The van der Waals surface area contributed by atoms with Crippen molar-refractivity contribution < 1.29 is 29.0 Å². The second-order valence-corrected chi connectivity index (χ2v) is 17.2. The van der Waals surface area contributed by atoms with Crippen molar-refractivity contribution in [3.63, 3.8) is 0 Å². The lowest BCUT2D eigenvalue weighted by atomic mass is 9.85. The Balaban J connectivity index is 1.12. The molecule has 2 aliphatic heterocycles. The lowest BCUT2D eigenvalue weighted by Gasteiger charge is -2.35. The van der Waals surface area contributed by atoms with Crippen LogP contribution in [0.4, 0.5) is 21.9 Å². The molecule has 0 aliphatic carbocycles. The first-order valence-corrected chi connectivity index (χ1v) is 19.6. The number of carbonyl (C=O) groups excluding carboxylic acids is 4. The van der Waals surface area contributed by atoms with Gasteiger partial charge in [0.05, 0.1) is 33.6 Å². The van der Waals surface area contributed by atoms with E-state index in [1.165, 1.54) is 4.90 Å². The maximum atomic E-state index is 14.2. The normalized spacial score (nSPS) is 17.8. The van der Waals surface area contributed by atoms with Crippen LogP contribution >= 0.6 is 11.3 Å². The van der Waals surface area contributed by atoms with E-state index in [1.807, 2.05) is 69.6 Å². The minimum absolute atomic E-state index is 0.0263. The van der Waals surface area contributed by atoms with Gasteiger partial charge in [0.25, 0.3) is 5.91 Å². The number of azo groups is 1. The van der Waals surface area contributed by atoms with E-state index in [9.17, 15) is 24.3 Å². The number of aliphatic hydroxyl groups excluding tert-OH is 1. The van der Waals surface area contributed by atoms with Crippen LogP contribution in [0, 0.1) is 12.3 Å². The molecular weight excluding hydrogens is 731 g/mol. The summed E-state index contributed by atoms with van der Waals surface area (Å²) in [4.78, 5) is 60.6. The summed E-state index contributed by atoms with van der Waals surface area (Å²) in [7, 11) is 0. The number of rotatable bonds is 8. The molecule has 1 aromatic heterocycles. The summed E-state index contributed by atoms with van der Waals surface area (Å²) in [6.07, 6.45) is -0.110. The summed E-state index contributed by atoms with van der Waals surface area (Å²) in [5.74, 6) is -1.30. The van der Waals surface area contributed by atoms with Crippen molar-refractivity contribution in [1.82, 2.24) is 20.5 Å². The van der Waals surface area contributed by atoms with E-state index >= 15 is 0 Å². The molecule has 294 valence electrons. The lowest BCUT2D eigenvalue weighted by molar-refractivity contribution is -0.142. The first-order valence-electron chi connectivity index (χ1n) is 18.7. The van der Waals surface area contributed by atoms with Gasteiger partial charge in [-0.1, -0.05) is 51.1 Å². The van der Waals surface area contributed by atoms with Crippen LogP contribution in [0.1, 0.15) is 80.7 Å². The molecule has 13 nitrogen and oxygen atoms in total. The van der Waals surface area contributed by atoms with Gasteiger partial charge in [-0.05, 0) is 98.5 Å². The number of ether oxygens (including phenoxy) is 1. The van der Waals surface area contributed by atoms with E-state index in [1.54, 1.807) is 56.4 Å². The van der Waals surface area contributed by atoms with E-state index in [2.05, 4.69) is 31.2 Å². The second kappa shape index (κ2) is 16.3. The Hall–Kier alpha value is -5.47. The summed E-state index contributed by atoms with van der Waals surface area (Å²) in [6.45, 7) is 13.1. The Labute approximate surface area is 331 Å². The average Bonchev–Trinajstić information content (AvgIpc) is 3.74. The maximum absolute atomic E-state index is 14.2. The number of carbonyl (C=O) groups is 4. The molecule has 3 atom stereocenters. The fourth-order valence-electron chi connectivity index (χ4n) is 6.76. The van der Waals surface area contributed by atoms with Crippen molar-refractivity contribution in [2.45, 2.75) is 98.1 Å². The molecule has 0 radical (unpaired) electrons.